The molecule has 0 spiro atoms. The van der Waals surface area contributed by atoms with E-state index in [1.807, 2.05) is 25.1 Å². The Bertz CT molecular complexity index is 541. The van der Waals surface area contributed by atoms with Gasteiger partial charge in [0, 0.05) is 15.6 Å². The van der Waals surface area contributed by atoms with Crippen molar-refractivity contribution in [2.24, 2.45) is 0 Å². The summed E-state index contributed by atoms with van der Waals surface area (Å²) in [5.74, 6) is 0. The summed E-state index contributed by atoms with van der Waals surface area (Å²) in [4.78, 5) is 4.39. The quantitative estimate of drug-likeness (QED) is 0.716. The predicted molar refractivity (Wildman–Crippen MR) is 58.9 cm³/mol. The monoisotopic (exact) mass is 246 g/mol. The Morgan fingerprint density at radius 2 is 2.14 bits per heavy atom. The van der Waals surface area contributed by atoms with E-state index in [2.05, 4.69) is 27.0 Å². The van der Waals surface area contributed by atoms with Crippen molar-refractivity contribution in [1.29, 1.82) is 5.26 Å². The molecular formula is C11H7BrN2. The van der Waals surface area contributed by atoms with Gasteiger partial charge >= 0.3 is 0 Å². The van der Waals surface area contributed by atoms with Crippen LogP contribution in [0.2, 0.25) is 0 Å². The largest absolute Gasteiger partial charge is 0.252 e. The SMILES string of the molecule is Cc1ccc2cc(C#N)cc(Br)c2n1. The number of hydrogen-bond acceptors (Lipinski definition) is 2. The lowest BCUT2D eigenvalue weighted by Crippen LogP contribution is -1.85. The van der Waals surface area contributed by atoms with Gasteiger partial charge in [0.1, 0.15) is 0 Å². The van der Waals surface area contributed by atoms with Crippen LogP contribution in [0.4, 0.5) is 0 Å². The summed E-state index contributed by atoms with van der Waals surface area (Å²) < 4.78 is 0.871. The van der Waals surface area contributed by atoms with Crippen LogP contribution in [0, 0.1) is 18.3 Å². The lowest BCUT2D eigenvalue weighted by Gasteiger charge is -2.01. The highest BCUT2D eigenvalue weighted by Gasteiger charge is 2.02. The van der Waals surface area contributed by atoms with Crippen molar-refractivity contribution < 1.29 is 0 Å². The molecule has 0 saturated heterocycles. The second kappa shape index (κ2) is 3.39. The van der Waals surface area contributed by atoms with Crippen LogP contribution < -0.4 is 0 Å². The number of hydrogen-bond donors (Lipinski definition) is 0. The molecule has 0 bridgehead atoms. The number of rotatable bonds is 0. The van der Waals surface area contributed by atoms with E-state index in [0.717, 1.165) is 21.1 Å². The van der Waals surface area contributed by atoms with Crippen molar-refractivity contribution in [3.8, 4) is 6.07 Å². The molecule has 0 fully saturated rings. The summed E-state index contributed by atoms with van der Waals surface area (Å²) in [6.45, 7) is 1.95. The molecule has 2 aromatic rings. The summed E-state index contributed by atoms with van der Waals surface area (Å²) in [6, 6.07) is 9.66. The third-order valence-electron chi connectivity index (χ3n) is 2.01. The van der Waals surface area contributed by atoms with E-state index in [1.165, 1.54) is 0 Å². The van der Waals surface area contributed by atoms with Gasteiger partial charge in [0.2, 0.25) is 0 Å². The molecule has 0 radical (unpaired) electrons. The highest BCUT2D eigenvalue weighted by molar-refractivity contribution is 9.10. The Kier molecular flexibility index (Phi) is 2.22. The maximum Gasteiger partial charge on any atom is 0.0992 e. The molecule has 14 heavy (non-hydrogen) atoms. The second-order valence-corrected chi connectivity index (χ2v) is 3.95. The molecule has 1 aromatic heterocycles. The molecule has 1 aromatic carbocycles. The number of fused-ring (bicyclic) bond motifs is 1. The van der Waals surface area contributed by atoms with Crippen LogP contribution in [0.1, 0.15) is 11.3 Å². The van der Waals surface area contributed by atoms with Crippen LogP contribution in [0.15, 0.2) is 28.7 Å². The molecule has 1 heterocycles. The molecule has 0 aliphatic heterocycles. The average Bonchev–Trinajstić information content (AvgIpc) is 2.19. The van der Waals surface area contributed by atoms with E-state index in [1.54, 1.807) is 6.07 Å². The van der Waals surface area contributed by atoms with Gasteiger partial charge in [-0.15, -0.1) is 0 Å². The van der Waals surface area contributed by atoms with Gasteiger partial charge in [-0.25, -0.2) is 0 Å². The van der Waals surface area contributed by atoms with E-state index in [0.29, 0.717) is 5.56 Å². The Balaban J connectivity index is 2.84. The minimum atomic E-state index is 0.648. The van der Waals surface area contributed by atoms with Crippen LogP contribution in [-0.2, 0) is 0 Å². The van der Waals surface area contributed by atoms with Crippen LogP contribution >= 0.6 is 15.9 Å². The molecule has 0 atom stereocenters. The lowest BCUT2D eigenvalue weighted by atomic mass is 10.1. The van der Waals surface area contributed by atoms with Crippen molar-refractivity contribution in [2.45, 2.75) is 6.92 Å². The number of nitrogens with zero attached hydrogens (tertiary/aromatic N) is 2. The highest BCUT2D eigenvalue weighted by Crippen LogP contribution is 2.24. The molecule has 0 unspecified atom stereocenters. The van der Waals surface area contributed by atoms with Gasteiger partial charge in [0.15, 0.2) is 0 Å². The molecular weight excluding hydrogens is 240 g/mol. The zero-order valence-electron chi connectivity index (χ0n) is 7.58. The third-order valence-corrected chi connectivity index (χ3v) is 2.62. The number of nitriles is 1. The molecule has 2 rings (SSSR count). The van der Waals surface area contributed by atoms with Gasteiger partial charge in [0.25, 0.3) is 0 Å². The fourth-order valence-corrected chi connectivity index (χ4v) is 1.92. The topological polar surface area (TPSA) is 36.7 Å². The van der Waals surface area contributed by atoms with Crippen molar-refractivity contribution in [1.82, 2.24) is 4.98 Å². The summed E-state index contributed by atoms with van der Waals surface area (Å²) in [6.07, 6.45) is 0. The highest BCUT2D eigenvalue weighted by atomic mass is 79.9. The Morgan fingerprint density at radius 1 is 1.36 bits per heavy atom. The normalized spacial score (nSPS) is 10.1. The molecule has 0 aliphatic carbocycles. The van der Waals surface area contributed by atoms with Crippen molar-refractivity contribution in [3.63, 3.8) is 0 Å². The fraction of sp³-hybridized carbons (Fsp3) is 0.0909. The van der Waals surface area contributed by atoms with E-state index < -0.39 is 0 Å². The van der Waals surface area contributed by atoms with Crippen LogP contribution in [0.5, 0.6) is 0 Å². The number of aromatic nitrogens is 1. The average molecular weight is 247 g/mol. The molecule has 0 saturated carbocycles. The Labute approximate surface area is 90.3 Å². The smallest absolute Gasteiger partial charge is 0.0992 e. The predicted octanol–water partition coefficient (Wildman–Crippen LogP) is 3.18. The molecule has 0 N–H and O–H groups in total. The lowest BCUT2D eigenvalue weighted by molar-refractivity contribution is 1.25. The van der Waals surface area contributed by atoms with Crippen molar-refractivity contribution >= 4 is 26.8 Å². The number of benzene rings is 1. The van der Waals surface area contributed by atoms with E-state index in [9.17, 15) is 0 Å². The van der Waals surface area contributed by atoms with Crippen molar-refractivity contribution in [2.75, 3.05) is 0 Å². The second-order valence-electron chi connectivity index (χ2n) is 3.09. The maximum absolute atomic E-state index is 8.78. The van der Waals surface area contributed by atoms with Crippen LogP contribution in [0.3, 0.4) is 0 Å². The first-order valence-corrected chi connectivity index (χ1v) is 4.97. The molecule has 0 aliphatic rings. The van der Waals surface area contributed by atoms with E-state index in [4.69, 9.17) is 5.26 Å². The molecule has 0 amide bonds. The zero-order chi connectivity index (χ0) is 10.1. The van der Waals surface area contributed by atoms with E-state index >= 15 is 0 Å². The van der Waals surface area contributed by atoms with Gasteiger partial charge in [-0.05, 0) is 41.1 Å². The summed E-state index contributed by atoms with van der Waals surface area (Å²) >= 11 is 3.41. The fourth-order valence-electron chi connectivity index (χ4n) is 1.35. The summed E-state index contributed by atoms with van der Waals surface area (Å²) in [5, 5.41) is 9.77. The molecule has 68 valence electrons. The first kappa shape index (κ1) is 9.17. The van der Waals surface area contributed by atoms with Crippen LogP contribution in [0.25, 0.3) is 10.9 Å². The molecule has 3 heteroatoms. The van der Waals surface area contributed by atoms with Gasteiger partial charge < -0.3 is 0 Å². The Morgan fingerprint density at radius 3 is 2.86 bits per heavy atom. The van der Waals surface area contributed by atoms with Gasteiger partial charge in [-0.3, -0.25) is 4.98 Å². The van der Waals surface area contributed by atoms with Gasteiger partial charge in [-0.1, -0.05) is 6.07 Å². The minimum absolute atomic E-state index is 0.648. The Hall–Kier alpha value is -1.40. The number of halogens is 1. The van der Waals surface area contributed by atoms with Crippen molar-refractivity contribution in [3.05, 3.63) is 40.0 Å². The minimum Gasteiger partial charge on any atom is -0.252 e. The molecule has 2 nitrogen and oxygen atoms in total. The van der Waals surface area contributed by atoms with E-state index in [-0.39, 0.29) is 0 Å². The zero-order valence-corrected chi connectivity index (χ0v) is 9.17. The maximum atomic E-state index is 8.78. The third kappa shape index (κ3) is 1.49. The number of aryl methyl sites for hydroxylation is 1. The summed E-state index contributed by atoms with van der Waals surface area (Å²) in [5.41, 5.74) is 2.53. The van der Waals surface area contributed by atoms with Gasteiger partial charge in [-0.2, -0.15) is 5.26 Å². The van der Waals surface area contributed by atoms with Gasteiger partial charge in [0.05, 0.1) is 17.1 Å². The first-order chi connectivity index (χ1) is 6.70. The number of pyridine rings is 1. The standard InChI is InChI=1S/C11H7BrN2/c1-7-2-3-9-4-8(6-13)5-10(12)11(9)14-7/h2-5H,1H3. The first-order valence-electron chi connectivity index (χ1n) is 4.18. The summed E-state index contributed by atoms with van der Waals surface area (Å²) in [7, 11) is 0. The van der Waals surface area contributed by atoms with Crippen LogP contribution in [-0.4, -0.2) is 4.98 Å².